The van der Waals surface area contributed by atoms with E-state index in [4.69, 9.17) is 9.84 Å². The molecule has 0 radical (unpaired) electrons. The number of benzene rings is 1. The first kappa shape index (κ1) is 18.2. The van der Waals surface area contributed by atoms with E-state index in [1.54, 1.807) is 18.2 Å². The van der Waals surface area contributed by atoms with E-state index in [1.807, 2.05) is 4.90 Å². The number of piperidine rings is 1. The summed E-state index contributed by atoms with van der Waals surface area (Å²) in [5.74, 6) is -0.651. The third-order valence-corrected chi connectivity index (χ3v) is 4.27. The molecule has 1 N–H and O–H groups in total. The molecule has 6 heteroatoms. The molecule has 0 saturated carbocycles. The van der Waals surface area contributed by atoms with E-state index < -0.39 is 11.8 Å². The minimum absolute atomic E-state index is 0.0622. The fourth-order valence-corrected chi connectivity index (χ4v) is 2.98. The summed E-state index contributed by atoms with van der Waals surface area (Å²) in [7, 11) is 0. The first-order chi connectivity index (χ1) is 11.6. The summed E-state index contributed by atoms with van der Waals surface area (Å²) in [6.07, 6.45) is 3.57. The molecule has 0 aliphatic carbocycles. The van der Waals surface area contributed by atoms with Crippen molar-refractivity contribution < 1.29 is 23.8 Å². The van der Waals surface area contributed by atoms with Gasteiger partial charge in [-0.3, -0.25) is 9.59 Å². The first-order valence-corrected chi connectivity index (χ1v) is 8.43. The number of carboxylic acid groups (broad SMARTS) is 1. The van der Waals surface area contributed by atoms with Gasteiger partial charge in [-0.15, -0.1) is 0 Å². The summed E-state index contributed by atoms with van der Waals surface area (Å²) in [4.78, 5) is 24.7. The molecular weight excluding hydrogens is 313 g/mol. The maximum Gasteiger partial charge on any atom is 0.303 e. The highest BCUT2D eigenvalue weighted by Gasteiger charge is 2.23. The van der Waals surface area contributed by atoms with Crippen molar-refractivity contribution >= 4 is 11.9 Å². The number of ether oxygens (including phenoxy) is 1. The van der Waals surface area contributed by atoms with Gasteiger partial charge in [0.2, 0.25) is 5.91 Å². The lowest BCUT2D eigenvalue weighted by molar-refractivity contribution is -0.137. The number of carbonyl (C=O) groups excluding carboxylic acids is 1. The van der Waals surface area contributed by atoms with Crippen LogP contribution in [0, 0.1) is 11.7 Å². The summed E-state index contributed by atoms with van der Waals surface area (Å²) in [6, 6.07) is 6.21. The van der Waals surface area contributed by atoms with Crippen LogP contribution in [0.1, 0.15) is 38.5 Å². The molecule has 1 aromatic carbocycles. The number of rotatable bonds is 8. The van der Waals surface area contributed by atoms with Crippen molar-refractivity contribution in [1.82, 2.24) is 4.90 Å². The van der Waals surface area contributed by atoms with Crippen molar-refractivity contribution in [2.45, 2.75) is 38.5 Å². The van der Waals surface area contributed by atoms with Gasteiger partial charge in [0.15, 0.2) is 11.6 Å². The molecule has 1 atom stereocenters. The van der Waals surface area contributed by atoms with Crippen LogP contribution < -0.4 is 4.74 Å². The fourth-order valence-electron chi connectivity index (χ4n) is 2.98. The SMILES string of the molecule is O=C(O)CCC1CCCN(C(=O)CCCOc2ccccc2F)C1. The van der Waals surface area contributed by atoms with Crippen molar-refractivity contribution in [3.05, 3.63) is 30.1 Å². The molecule has 1 aliphatic heterocycles. The lowest BCUT2D eigenvalue weighted by Gasteiger charge is -2.32. The predicted molar refractivity (Wildman–Crippen MR) is 87.3 cm³/mol. The molecule has 1 heterocycles. The number of halogens is 1. The van der Waals surface area contributed by atoms with E-state index in [-0.39, 0.29) is 24.0 Å². The van der Waals surface area contributed by atoms with Gasteiger partial charge < -0.3 is 14.7 Å². The van der Waals surface area contributed by atoms with Gasteiger partial charge in [0, 0.05) is 25.9 Å². The second-order valence-corrected chi connectivity index (χ2v) is 6.16. The van der Waals surface area contributed by atoms with Crippen molar-refractivity contribution in [1.29, 1.82) is 0 Å². The van der Waals surface area contributed by atoms with E-state index in [1.165, 1.54) is 6.07 Å². The highest BCUT2D eigenvalue weighted by molar-refractivity contribution is 5.76. The molecule has 1 saturated heterocycles. The molecule has 1 aromatic rings. The van der Waals surface area contributed by atoms with Crippen LogP contribution in [0.4, 0.5) is 4.39 Å². The topological polar surface area (TPSA) is 66.8 Å². The second-order valence-electron chi connectivity index (χ2n) is 6.16. The van der Waals surface area contributed by atoms with Gasteiger partial charge in [-0.25, -0.2) is 4.39 Å². The lowest BCUT2D eigenvalue weighted by Crippen LogP contribution is -2.40. The molecule has 1 aliphatic rings. The third kappa shape index (κ3) is 5.83. The van der Waals surface area contributed by atoms with Crippen LogP contribution in [0.25, 0.3) is 0 Å². The van der Waals surface area contributed by atoms with Crippen LogP contribution in [-0.4, -0.2) is 41.6 Å². The maximum atomic E-state index is 13.4. The van der Waals surface area contributed by atoms with E-state index in [2.05, 4.69) is 0 Å². The zero-order chi connectivity index (χ0) is 17.4. The standard InChI is InChI=1S/C18H24FNO4/c19-15-6-1-2-7-16(15)24-12-4-8-17(21)20-11-3-5-14(13-20)9-10-18(22)23/h1-2,6-7,14H,3-5,8-13H2,(H,22,23). The van der Waals surface area contributed by atoms with Gasteiger partial charge in [0.1, 0.15) is 0 Å². The molecule has 0 aromatic heterocycles. The Balaban J connectivity index is 1.68. The van der Waals surface area contributed by atoms with E-state index in [0.717, 1.165) is 19.4 Å². The summed E-state index contributed by atoms with van der Waals surface area (Å²) in [5, 5.41) is 8.75. The van der Waals surface area contributed by atoms with Gasteiger partial charge in [0.05, 0.1) is 6.61 Å². The zero-order valence-corrected chi connectivity index (χ0v) is 13.7. The van der Waals surface area contributed by atoms with Gasteiger partial charge >= 0.3 is 5.97 Å². The Morgan fingerprint density at radius 2 is 2.08 bits per heavy atom. The highest BCUT2D eigenvalue weighted by Crippen LogP contribution is 2.22. The molecule has 2 rings (SSSR count). The molecule has 0 spiro atoms. The van der Waals surface area contributed by atoms with Crippen LogP contribution in [0.2, 0.25) is 0 Å². The molecule has 1 unspecified atom stereocenters. The molecule has 24 heavy (non-hydrogen) atoms. The predicted octanol–water partition coefficient (Wildman–Crippen LogP) is 3.09. The number of carbonyl (C=O) groups is 2. The number of hydrogen-bond donors (Lipinski definition) is 1. The molecule has 0 bridgehead atoms. The molecule has 1 fully saturated rings. The number of amides is 1. The Kier molecular flexibility index (Phi) is 7.03. The number of nitrogens with zero attached hydrogens (tertiary/aromatic N) is 1. The second kappa shape index (κ2) is 9.25. The number of likely N-dealkylation sites (tertiary alicyclic amines) is 1. The number of aliphatic carboxylic acids is 1. The monoisotopic (exact) mass is 337 g/mol. The van der Waals surface area contributed by atoms with E-state index in [9.17, 15) is 14.0 Å². The molecule has 5 nitrogen and oxygen atoms in total. The van der Waals surface area contributed by atoms with E-state index in [0.29, 0.717) is 32.4 Å². The van der Waals surface area contributed by atoms with Gasteiger partial charge in [0.25, 0.3) is 0 Å². The Bertz CT molecular complexity index is 564. The minimum atomic E-state index is -0.788. The smallest absolute Gasteiger partial charge is 0.303 e. The number of hydrogen-bond acceptors (Lipinski definition) is 3. The summed E-state index contributed by atoms with van der Waals surface area (Å²) in [5.41, 5.74) is 0. The summed E-state index contributed by atoms with van der Waals surface area (Å²) in [6.45, 7) is 1.67. The van der Waals surface area contributed by atoms with Crippen molar-refractivity contribution in [3.8, 4) is 5.75 Å². The van der Waals surface area contributed by atoms with Gasteiger partial charge in [-0.2, -0.15) is 0 Å². The fraction of sp³-hybridized carbons (Fsp3) is 0.556. The lowest BCUT2D eigenvalue weighted by atomic mass is 9.93. The summed E-state index contributed by atoms with van der Waals surface area (Å²) < 4.78 is 18.7. The van der Waals surface area contributed by atoms with Gasteiger partial charge in [-0.05, 0) is 43.7 Å². The average Bonchev–Trinajstić information content (AvgIpc) is 2.58. The number of para-hydroxylation sites is 1. The molecular formula is C18H24FNO4. The minimum Gasteiger partial charge on any atom is -0.491 e. The van der Waals surface area contributed by atoms with Crippen LogP contribution in [0.5, 0.6) is 5.75 Å². The Morgan fingerprint density at radius 1 is 1.29 bits per heavy atom. The van der Waals surface area contributed by atoms with Crippen molar-refractivity contribution in [2.75, 3.05) is 19.7 Å². The van der Waals surface area contributed by atoms with E-state index >= 15 is 0 Å². The molecule has 1 amide bonds. The normalized spacial score (nSPS) is 17.5. The number of carboxylic acids is 1. The van der Waals surface area contributed by atoms with Crippen molar-refractivity contribution in [2.24, 2.45) is 5.92 Å². The Morgan fingerprint density at radius 3 is 2.83 bits per heavy atom. The van der Waals surface area contributed by atoms with Gasteiger partial charge in [-0.1, -0.05) is 12.1 Å². The van der Waals surface area contributed by atoms with Crippen LogP contribution in [-0.2, 0) is 9.59 Å². The third-order valence-electron chi connectivity index (χ3n) is 4.27. The Labute approximate surface area is 141 Å². The van der Waals surface area contributed by atoms with Crippen LogP contribution >= 0.6 is 0 Å². The maximum absolute atomic E-state index is 13.4. The highest BCUT2D eigenvalue weighted by atomic mass is 19.1. The zero-order valence-electron chi connectivity index (χ0n) is 13.7. The Hall–Kier alpha value is -2.11. The quantitative estimate of drug-likeness (QED) is 0.740. The molecule has 132 valence electrons. The van der Waals surface area contributed by atoms with Crippen LogP contribution in [0.3, 0.4) is 0 Å². The van der Waals surface area contributed by atoms with Crippen molar-refractivity contribution in [3.63, 3.8) is 0 Å². The first-order valence-electron chi connectivity index (χ1n) is 8.43. The average molecular weight is 337 g/mol. The largest absolute Gasteiger partial charge is 0.491 e. The summed E-state index contributed by atoms with van der Waals surface area (Å²) >= 11 is 0. The van der Waals surface area contributed by atoms with Crippen LogP contribution in [0.15, 0.2) is 24.3 Å².